The van der Waals surface area contributed by atoms with Gasteiger partial charge >= 0.3 is 0 Å². The molecule has 78 valence electrons. The number of nitriles is 1. The molecule has 2 rings (SSSR count). The first kappa shape index (κ1) is 10.1. The predicted octanol–water partition coefficient (Wildman–Crippen LogP) is 2.40. The van der Waals surface area contributed by atoms with Gasteiger partial charge in [0.1, 0.15) is 11.2 Å². The number of nitrogens with zero attached hydrogens (tertiary/aromatic N) is 1. The molecule has 1 heterocycles. The minimum Gasteiger partial charge on any atom is -0.379 e. The van der Waals surface area contributed by atoms with Crippen LogP contribution in [0.3, 0.4) is 0 Å². The average molecular weight is 205 g/mol. The zero-order valence-corrected chi connectivity index (χ0v) is 8.37. The summed E-state index contributed by atoms with van der Waals surface area (Å²) in [5, 5.41) is 9.22. The fraction of sp³-hybridized carbons (Fsp3) is 0.417. The maximum absolute atomic E-state index is 13.6. The highest BCUT2D eigenvalue weighted by atomic mass is 19.1. The van der Waals surface area contributed by atoms with Crippen molar-refractivity contribution >= 4 is 0 Å². The molecule has 0 amide bonds. The molecule has 0 aromatic heterocycles. The molecule has 0 spiro atoms. The second-order valence-corrected chi connectivity index (χ2v) is 3.83. The lowest BCUT2D eigenvalue weighted by atomic mass is 9.77. The topological polar surface area (TPSA) is 33.0 Å². The summed E-state index contributed by atoms with van der Waals surface area (Å²) in [5.41, 5.74) is -0.323. The van der Waals surface area contributed by atoms with Gasteiger partial charge in [-0.15, -0.1) is 0 Å². The number of rotatable bonds is 1. The minimum absolute atomic E-state index is 0.296. The van der Waals surface area contributed by atoms with E-state index in [0.717, 1.165) is 6.42 Å². The molecule has 2 nitrogen and oxygen atoms in total. The van der Waals surface area contributed by atoms with Gasteiger partial charge in [0.25, 0.3) is 0 Å². The second kappa shape index (κ2) is 4.00. The van der Waals surface area contributed by atoms with Crippen LogP contribution in [0.1, 0.15) is 18.4 Å². The standard InChI is InChI=1S/C12H12FNO/c13-11-5-2-1-4-10(11)12(8-14)6-3-7-15-9-12/h1-2,4-5H,3,6-7,9H2. The molecule has 1 aromatic rings. The molecule has 1 aromatic carbocycles. The lowest BCUT2D eigenvalue weighted by Crippen LogP contribution is -2.35. The van der Waals surface area contributed by atoms with Crippen LogP contribution < -0.4 is 0 Å². The summed E-state index contributed by atoms with van der Waals surface area (Å²) in [7, 11) is 0. The third-order valence-electron chi connectivity index (χ3n) is 2.84. The largest absolute Gasteiger partial charge is 0.379 e. The zero-order valence-electron chi connectivity index (χ0n) is 8.37. The van der Waals surface area contributed by atoms with Crippen molar-refractivity contribution in [3.63, 3.8) is 0 Å². The van der Waals surface area contributed by atoms with Crippen molar-refractivity contribution < 1.29 is 9.13 Å². The van der Waals surface area contributed by atoms with Crippen molar-refractivity contribution in [3.8, 4) is 6.07 Å². The highest BCUT2D eigenvalue weighted by Crippen LogP contribution is 2.33. The van der Waals surface area contributed by atoms with E-state index < -0.39 is 5.41 Å². The van der Waals surface area contributed by atoms with Gasteiger partial charge in [0.15, 0.2) is 0 Å². The van der Waals surface area contributed by atoms with Gasteiger partial charge in [0.2, 0.25) is 0 Å². The van der Waals surface area contributed by atoms with Crippen LogP contribution in [0.2, 0.25) is 0 Å². The Morgan fingerprint density at radius 3 is 2.80 bits per heavy atom. The minimum atomic E-state index is -0.788. The highest BCUT2D eigenvalue weighted by molar-refractivity contribution is 5.34. The molecule has 1 aliphatic heterocycles. The molecular weight excluding hydrogens is 193 g/mol. The Labute approximate surface area is 88.3 Å². The third-order valence-corrected chi connectivity index (χ3v) is 2.84. The molecule has 0 radical (unpaired) electrons. The van der Waals surface area contributed by atoms with Gasteiger partial charge in [0.05, 0.1) is 12.7 Å². The van der Waals surface area contributed by atoms with Gasteiger partial charge in [-0.25, -0.2) is 4.39 Å². The molecule has 3 heteroatoms. The van der Waals surface area contributed by atoms with Gasteiger partial charge in [-0.3, -0.25) is 0 Å². The van der Waals surface area contributed by atoms with Crippen LogP contribution in [0.15, 0.2) is 24.3 Å². The average Bonchev–Trinajstić information content (AvgIpc) is 2.30. The number of hydrogen-bond donors (Lipinski definition) is 0. The Morgan fingerprint density at radius 1 is 1.40 bits per heavy atom. The fourth-order valence-electron chi connectivity index (χ4n) is 2.00. The molecule has 1 fully saturated rings. The van der Waals surface area contributed by atoms with Crippen LogP contribution in [-0.4, -0.2) is 13.2 Å². The summed E-state index contributed by atoms with van der Waals surface area (Å²) in [5.74, 6) is -0.315. The molecule has 1 atom stereocenters. The molecule has 0 bridgehead atoms. The molecule has 0 N–H and O–H groups in total. The maximum atomic E-state index is 13.6. The molecule has 0 aliphatic carbocycles. The van der Waals surface area contributed by atoms with E-state index in [-0.39, 0.29) is 5.82 Å². The summed E-state index contributed by atoms with van der Waals surface area (Å²) in [6.45, 7) is 0.961. The quantitative estimate of drug-likeness (QED) is 0.705. The van der Waals surface area contributed by atoms with Gasteiger partial charge in [0, 0.05) is 12.2 Å². The monoisotopic (exact) mass is 205 g/mol. The van der Waals surface area contributed by atoms with Crippen LogP contribution in [0.25, 0.3) is 0 Å². The summed E-state index contributed by atoms with van der Waals surface area (Å²) < 4.78 is 18.9. The lowest BCUT2D eigenvalue weighted by molar-refractivity contribution is 0.0550. The maximum Gasteiger partial charge on any atom is 0.128 e. The Kier molecular flexibility index (Phi) is 2.70. The second-order valence-electron chi connectivity index (χ2n) is 3.83. The number of halogens is 1. The van der Waals surface area contributed by atoms with Crippen molar-refractivity contribution in [2.75, 3.05) is 13.2 Å². The van der Waals surface area contributed by atoms with Crippen molar-refractivity contribution in [1.29, 1.82) is 5.26 Å². The summed E-state index contributed by atoms with van der Waals surface area (Å²) in [4.78, 5) is 0. The van der Waals surface area contributed by atoms with Crippen LogP contribution in [0, 0.1) is 17.1 Å². The predicted molar refractivity (Wildman–Crippen MR) is 53.7 cm³/mol. The van der Waals surface area contributed by atoms with Crippen LogP contribution in [-0.2, 0) is 10.2 Å². The third kappa shape index (κ3) is 1.73. The number of benzene rings is 1. The molecule has 0 saturated carbocycles. The van der Waals surface area contributed by atoms with E-state index in [1.54, 1.807) is 18.2 Å². The van der Waals surface area contributed by atoms with Gasteiger partial charge < -0.3 is 4.74 Å². The van der Waals surface area contributed by atoms with Crippen LogP contribution in [0.5, 0.6) is 0 Å². The Balaban J connectivity index is 2.42. The van der Waals surface area contributed by atoms with Gasteiger partial charge in [-0.1, -0.05) is 18.2 Å². The number of hydrogen-bond acceptors (Lipinski definition) is 2. The Hall–Kier alpha value is -1.40. The van der Waals surface area contributed by atoms with Crippen molar-refractivity contribution in [2.45, 2.75) is 18.3 Å². The Morgan fingerprint density at radius 2 is 2.20 bits per heavy atom. The smallest absolute Gasteiger partial charge is 0.128 e. The first-order valence-electron chi connectivity index (χ1n) is 5.02. The molecule has 15 heavy (non-hydrogen) atoms. The summed E-state index contributed by atoms with van der Waals surface area (Å²) in [6.07, 6.45) is 1.48. The SMILES string of the molecule is N#CC1(c2ccccc2F)CCCOC1. The van der Waals surface area contributed by atoms with Crippen LogP contribution >= 0.6 is 0 Å². The van der Waals surface area contributed by atoms with E-state index in [9.17, 15) is 9.65 Å². The van der Waals surface area contributed by atoms with E-state index in [1.807, 2.05) is 0 Å². The van der Waals surface area contributed by atoms with Gasteiger partial charge in [-0.2, -0.15) is 5.26 Å². The van der Waals surface area contributed by atoms with Gasteiger partial charge in [-0.05, 0) is 18.9 Å². The van der Waals surface area contributed by atoms with E-state index in [0.29, 0.717) is 25.2 Å². The Bertz CT molecular complexity index is 391. The lowest BCUT2D eigenvalue weighted by Gasteiger charge is -2.31. The first-order chi connectivity index (χ1) is 7.28. The summed E-state index contributed by atoms with van der Waals surface area (Å²) >= 11 is 0. The van der Waals surface area contributed by atoms with Crippen LogP contribution in [0.4, 0.5) is 4.39 Å². The van der Waals surface area contributed by atoms with E-state index in [4.69, 9.17) is 4.74 Å². The molecular formula is C12H12FNO. The first-order valence-corrected chi connectivity index (χ1v) is 5.02. The van der Waals surface area contributed by atoms with Crippen molar-refractivity contribution in [2.24, 2.45) is 0 Å². The molecule has 1 aliphatic rings. The normalized spacial score (nSPS) is 25.9. The zero-order chi connectivity index (χ0) is 10.7. The van der Waals surface area contributed by atoms with E-state index in [1.165, 1.54) is 6.07 Å². The number of ether oxygens (including phenoxy) is 1. The van der Waals surface area contributed by atoms with E-state index >= 15 is 0 Å². The van der Waals surface area contributed by atoms with Crippen molar-refractivity contribution in [3.05, 3.63) is 35.6 Å². The van der Waals surface area contributed by atoms with E-state index in [2.05, 4.69) is 6.07 Å². The highest BCUT2D eigenvalue weighted by Gasteiger charge is 2.36. The summed E-state index contributed by atoms with van der Waals surface area (Å²) in [6, 6.07) is 8.66. The molecule has 1 saturated heterocycles. The molecule has 1 unspecified atom stereocenters. The fourth-order valence-corrected chi connectivity index (χ4v) is 2.00. The van der Waals surface area contributed by atoms with Crippen molar-refractivity contribution in [1.82, 2.24) is 0 Å².